The van der Waals surface area contributed by atoms with Crippen LogP contribution in [0.3, 0.4) is 0 Å². The predicted molar refractivity (Wildman–Crippen MR) is 108 cm³/mol. The smallest absolute Gasteiger partial charge is 0.192 e. The summed E-state index contributed by atoms with van der Waals surface area (Å²) in [6.07, 6.45) is 8.41. The van der Waals surface area contributed by atoms with Gasteiger partial charge in [0.25, 0.3) is 0 Å². The Balaban J connectivity index is 4.93. The second-order valence-electron chi connectivity index (χ2n) is 7.63. The summed E-state index contributed by atoms with van der Waals surface area (Å²) in [5.74, 6) is 0. The molecule has 0 heterocycles. The summed E-state index contributed by atoms with van der Waals surface area (Å²) in [6, 6.07) is 0. The molecule has 0 unspecified atom stereocenters. The average Bonchev–Trinajstić information content (AvgIpc) is 2.31. The number of unbranched alkanes of at least 4 members (excludes halogenated alkanes) is 1. The maximum absolute atomic E-state index is 6.62. The Hall–Kier alpha value is 0.387. The van der Waals surface area contributed by atoms with Gasteiger partial charge >= 0.3 is 0 Å². The van der Waals surface area contributed by atoms with E-state index < -0.39 is 8.32 Å². The van der Waals surface area contributed by atoms with E-state index in [1.165, 1.54) is 28.4 Å². The molecule has 0 aliphatic carbocycles. The van der Waals surface area contributed by atoms with E-state index in [9.17, 15) is 0 Å². The Morgan fingerprint density at radius 1 is 1.29 bits per heavy atom. The summed E-state index contributed by atoms with van der Waals surface area (Å²) in [5, 5.41) is 0.261. The van der Waals surface area contributed by atoms with Crippen molar-refractivity contribution >= 4 is 30.9 Å². The molecule has 1 nitrogen and oxygen atoms in total. The van der Waals surface area contributed by atoms with Gasteiger partial charge < -0.3 is 4.43 Å². The van der Waals surface area contributed by atoms with Crippen molar-refractivity contribution in [2.24, 2.45) is 0 Å². The molecule has 0 saturated carbocycles. The highest BCUT2D eigenvalue weighted by atomic mass is 127. The van der Waals surface area contributed by atoms with E-state index in [2.05, 4.69) is 83.0 Å². The Morgan fingerprint density at radius 3 is 2.29 bits per heavy atom. The summed E-state index contributed by atoms with van der Waals surface area (Å²) in [6.45, 7) is 20.0. The van der Waals surface area contributed by atoms with Gasteiger partial charge in [0.15, 0.2) is 8.32 Å². The lowest BCUT2D eigenvalue weighted by Gasteiger charge is -2.38. The third kappa shape index (κ3) is 9.19. The topological polar surface area (TPSA) is 9.23 Å². The number of hydrogen-bond donors (Lipinski definition) is 0. The van der Waals surface area contributed by atoms with E-state index >= 15 is 0 Å². The van der Waals surface area contributed by atoms with Crippen LogP contribution < -0.4 is 0 Å². The maximum Gasteiger partial charge on any atom is 0.192 e. The second kappa shape index (κ2) is 9.51. The van der Waals surface area contributed by atoms with Crippen molar-refractivity contribution in [1.29, 1.82) is 0 Å². The van der Waals surface area contributed by atoms with Gasteiger partial charge in [0.1, 0.15) is 0 Å². The fourth-order valence-corrected chi connectivity index (χ4v) is 3.83. The number of allylic oxidation sites excluding steroid dienone is 2. The Morgan fingerprint density at radius 2 is 1.86 bits per heavy atom. The first-order valence-corrected chi connectivity index (χ1v) is 12.2. The number of hydrogen-bond acceptors (Lipinski definition) is 1. The first kappa shape index (κ1) is 21.4. The molecule has 0 aliphatic rings. The summed E-state index contributed by atoms with van der Waals surface area (Å²) < 4.78 is 8.06. The second-order valence-corrected chi connectivity index (χ2v) is 13.8. The Labute approximate surface area is 147 Å². The van der Waals surface area contributed by atoms with Gasteiger partial charge in [-0.1, -0.05) is 39.7 Å². The van der Waals surface area contributed by atoms with Crippen molar-refractivity contribution < 1.29 is 4.43 Å². The van der Waals surface area contributed by atoms with Crippen molar-refractivity contribution in [3.63, 3.8) is 0 Å². The molecule has 0 aliphatic heterocycles. The van der Waals surface area contributed by atoms with E-state index in [0.717, 1.165) is 12.8 Å². The SMILES string of the molecule is C=C(C)CC[C@@H](/C=C(\I)CCCC)O[Si](C)(C)C(C)(C)C. The fraction of sp³-hybridized carbons (Fsp3) is 0.778. The standard InChI is InChI=1S/C18H35IOSi/c1-9-10-11-16(19)14-17(13-12-15(2)3)20-21(7,8)18(4,5)6/h14,17H,2,9-13H2,1,3-8H3/b16-14-/t17-/m0/s1. The van der Waals surface area contributed by atoms with Gasteiger partial charge in [-0.05, 0) is 83.0 Å². The lowest BCUT2D eigenvalue weighted by atomic mass is 10.1. The summed E-state index contributed by atoms with van der Waals surface area (Å²) in [4.78, 5) is 0. The largest absolute Gasteiger partial charge is 0.411 e. The van der Waals surface area contributed by atoms with Crippen LogP contribution in [-0.4, -0.2) is 14.4 Å². The quantitative estimate of drug-likeness (QED) is 0.216. The molecule has 0 aromatic rings. The van der Waals surface area contributed by atoms with Gasteiger partial charge in [-0.2, -0.15) is 0 Å². The molecule has 1 atom stereocenters. The molecule has 0 radical (unpaired) electrons. The summed E-state index contributed by atoms with van der Waals surface area (Å²) in [5.41, 5.74) is 1.25. The first-order chi connectivity index (χ1) is 9.49. The van der Waals surface area contributed by atoms with Gasteiger partial charge in [-0.25, -0.2) is 0 Å². The lowest BCUT2D eigenvalue weighted by molar-refractivity contribution is 0.215. The maximum atomic E-state index is 6.62. The molecule has 0 N–H and O–H groups in total. The van der Waals surface area contributed by atoms with Gasteiger partial charge in [-0.3, -0.25) is 0 Å². The van der Waals surface area contributed by atoms with Crippen LogP contribution in [0.4, 0.5) is 0 Å². The third-order valence-electron chi connectivity index (χ3n) is 4.24. The monoisotopic (exact) mass is 422 g/mol. The minimum Gasteiger partial charge on any atom is -0.411 e. The molecule has 0 spiro atoms. The molecular weight excluding hydrogens is 387 g/mol. The van der Waals surface area contributed by atoms with Gasteiger partial charge in [0, 0.05) is 0 Å². The van der Waals surface area contributed by atoms with Crippen molar-refractivity contribution in [1.82, 2.24) is 0 Å². The van der Waals surface area contributed by atoms with Crippen LogP contribution >= 0.6 is 22.6 Å². The van der Waals surface area contributed by atoms with Crippen LogP contribution in [0.5, 0.6) is 0 Å². The van der Waals surface area contributed by atoms with Crippen LogP contribution in [0.2, 0.25) is 18.1 Å². The fourth-order valence-electron chi connectivity index (χ4n) is 1.75. The summed E-state index contributed by atoms with van der Waals surface area (Å²) >= 11 is 2.48. The first-order valence-electron chi connectivity index (χ1n) is 8.18. The van der Waals surface area contributed by atoms with Gasteiger partial charge in [0.2, 0.25) is 0 Å². The molecule has 21 heavy (non-hydrogen) atoms. The Kier molecular flexibility index (Phi) is 9.68. The molecule has 3 heteroatoms. The van der Waals surface area contributed by atoms with Crippen LogP contribution in [0.25, 0.3) is 0 Å². The van der Waals surface area contributed by atoms with Crippen LogP contribution in [0.15, 0.2) is 21.8 Å². The Bertz CT molecular complexity index is 353. The minimum absolute atomic E-state index is 0.242. The minimum atomic E-state index is -1.72. The van der Waals surface area contributed by atoms with E-state index in [-0.39, 0.29) is 11.1 Å². The van der Waals surface area contributed by atoms with Crippen molar-refractivity contribution in [3.8, 4) is 0 Å². The highest BCUT2D eigenvalue weighted by molar-refractivity contribution is 14.1. The summed E-state index contributed by atoms with van der Waals surface area (Å²) in [7, 11) is -1.72. The van der Waals surface area contributed by atoms with E-state index in [1.54, 1.807) is 0 Å². The molecule has 0 saturated heterocycles. The van der Waals surface area contributed by atoms with E-state index in [0.29, 0.717) is 0 Å². The lowest BCUT2D eigenvalue weighted by Crippen LogP contribution is -2.43. The highest BCUT2D eigenvalue weighted by Gasteiger charge is 2.38. The highest BCUT2D eigenvalue weighted by Crippen LogP contribution is 2.38. The molecule has 124 valence electrons. The zero-order chi connectivity index (χ0) is 16.7. The number of halogens is 1. The molecule has 0 aromatic carbocycles. The molecule has 0 amide bonds. The van der Waals surface area contributed by atoms with Crippen LogP contribution in [0.1, 0.15) is 66.7 Å². The van der Waals surface area contributed by atoms with Gasteiger partial charge in [0.05, 0.1) is 6.10 Å². The van der Waals surface area contributed by atoms with E-state index in [1.807, 2.05) is 0 Å². The average molecular weight is 422 g/mol. The third-order valence-corrected chi connectivity index (χ3v) is 9.65. The normalized spacial score (nSPS) is 15.1. The van der Waals surface area contributed by atoms with Crippen molar-refractivity contribution in [2.75, 3.05) is 0 Å². The van der Waals surface area contributed by atoms with E-state index in [4.69, 9.17) is 4.43 Å². The zero-order valence-corrected chi connectivity index (χ0v) is 18.3. The predicted octanol–water partition coefficient (Wildman–Crippen LogP) is 7.24. The van der Waals surface area contributed by atoms with Crippen LogP contribution in [0, 0.1) is 0 Å². The van der Waals surface area contributed by atoms with Crippen molar-refractivity contribution in [3.05, 3.63) is 21.8 Å². The van der Waals surface area contributed by atoms with Crippen molar-refractivity contribution in [2.45, 2.75) is 91.0 Å². The molecular formula is C18H35IOSi. The van der Waals surface area contributed by atoms with Gasteiger partial charge in [-0.15, -0.1) is 6.58 Å². The molecule has 0 fully saturated rings. The zero-order valence-electron chi connectivity index (χ0n) is 15.2. The molecule has 0 bridgehead atoms. The molecule has 0 aromatic heterocycles. The van der Waals surface area contributed by atoms with Crippen LogP contribution in [-0.2, 0) is 4.43 Å². The number of rotatable bonds is 9. The molecule has 0 rings (SSSR count).